The van der Waals surface area contributed by atoms with Crippen LogP contribution in [-0.4, -0.2) is 40.6 Å². The first-order chi connectivity index (χ1) is 18.0. The van der Waals surface area contributed by atoms with Gasteiger partial charge in [0.1, 0.15) is 11.6 Å². The molecule has 0 spiro atoms. The van der Waals surface area contributed by atoms with Crippen LogP contribution in [-0.2, 0) is 11.2 Å². The molecule has 2 amide bonds. The normalized spacial score (nSPS) is 12.8. The maximum absolute atomic E-state index is 13.0. The van der Waals surface area contributed by atoms with Crippen molar-refractivity contribution < 1.29 is 14.3 Å². The van der Waals surface area contributed by atoms with E-state index in [4.69, 9.17) is 4.74 Å². The number of para-hydroxylation sites is 1. The standard InChI is InChI=1S/C29H28N4O4/c1-19-31-26-5-3-2-4-25(26)29(36)33(19)23-12-8-21(9-13-23)28(35)30-17-16-20-6-14-24(15-7-20)37-18-27(34)32-22-10-11-22/h2-9,12-15,22H,10-11,16-18H2,1H3,(H,30,35)(H,32,34). The monoisotopic (exact) mass is 496 g/mol. The molecule has 1 fully saturated rings. The van der Waals surface area contributed by atoms with E-state index >= 15 is 0 Å². The first-order valence-corrected chi connectivity index (χ1v) is 12.4. The van der Waals surface area contributed by atoms with Crippen molar-refractivity contribution in [2.45, 2.75) is 32.2 Å². The second kappa shape index (κ2) is 10.7. The van der Waals surface area contributed by atoms with Gasteiger partial charge in [0.2, 0.25) is 0 Å². The number of hydrogen-bond acceptors (Lipinski definition) is 5. The fourth-order valence-electron chi connectivity index (χ4n) is 4.13. The SMILES string of the molecule is Cc1nc2ccccc2c(=O)n1-c1ccc(C(=O)NCCc2ccc(OCC(=O)NC3CC3)cc2)cc1. The van der Waals surface area contributed by atoms with E-state index in [9.17, 15) is 14.4 Å². The summed E-state index contributed by atoms with van der Waals surface area (Å²) < 4.78 is 7.07. The van der Waals surface area contributed by atoms with Crippen molar-refractivity contribution in [2.24, 2.45) is 0 Å². The van der Waals surface area contributed by atoms with Crippen molar-refractivity contribution in [2.75, 3.05) is 13.2 Å². The molecule has 0 saturated heterocycles. The first-order valence-electron chi connectivity index (χ1n) is 12.4. The summed E-state index contributed by atoms with van der Waals surface area (Å²) in [6.45, 7) is 2.27. The Morgan fingerprint density at radius 1 is 1.00 bits per heavy atom. The third kappa shape index (κ3) is 5.86. The molecule has 0 radical (unpaired) electrons. The van der Waals surface area contributed by atoms with Gasteiger partial charge in [-0.3, -0.25) is 19.0 Å². The lowest BCUT2D eigenvalue weighted by Gasteiger charge is -2.12. The number of nitrogens with zero attached hydrogens (tertiary/aromatic N) is 2. The molecule has 0 bridgehead atoms. The molecule has 1 aliphatic rings. The lowest BCUT2D eigenvalue weighted by molar-refractivity contribution is -0.123. The molecule has 1 saturated carbocycles. The Balaban J connectivity index is 1.14. The minimum Gasteiger partial charge on any atom is -0.484 e. The Bertz CT molecular complexity index is 1490. The molecular formula is C29H28N4O4. The van der Waals surface area contributed by atoms with Crippen molar-refractivity contribution in [3.8, 4) is 11.4 Å². The lowest BCUT2D eigenvalue weighted by atomic mass is 10.1. The molecule has 0 unspecified atom stereocenters. The predicted molar refractivity (Wildman–Crippen MR) is 141 cm³/mol. The van der Waals surface area contributed by atoms with Crippen LogP contribution in [0.3, 0.4) is 0 Å². The van der Waals surface area contributed by atoms with Crippen LogP contribution < -0.4 is 20.9 Å². The minimum atomic E-state index is -0.186. The molecule has 5 rings (SSSR count). The molecule has 37 heavy (non-hydrogen) atoms. The number of aryl methyl sites for hydroxylation is 1. The number of benzene rings is 3. The summed E-state index contributed by atoms with van der Waals surface area (Å²) in [7, 11) is 0. The number of carbonyl (C=O) groups is 2. The highest BCUT2D eigenvalue weighted by atomic mass is 16.5. The Kier molecular flexibility index (Phi) is 6.98. The fourth-order valence-corrected chi connectivity index (χ4v) is 4.13. The molecule has 8 heteroatoms. The van der Waals surface area contributed by atoms with E-state index in [1.54, 1.807) is 41.8 Å². The van der Waals surface area contributed by atoms with Crippen LogP contribution in [0.1, 0.15) is 34.6 Å². The van der Waals surface area contributed by atoms with Crippen LogP contribution in [0, 0.1) is 6.92 Å². The number of aromatic nitrogens is 2. The lowest BCUT2D eigenvalue weighted by Crippen LogP contribution is -2.30. The molecule has 1 heterocycles. The van der Waals surface area contributed by atoms with Gasteiger partial charge in [-0.15, -0.1) is 0 Å². The van der Waals surface area contributed by atoms with Gasteiger partial charge in [-0.2, -0.15) is 0 Å². The second-order valence-corrected chi connectivity index (χ2v) is 9.14. The van der Waals surface area contributed by atoms with Crippen LogP contribution in [0.4, 0.5) is 0 Å². The zero-order valence-corrected chi connectivity index (χ0v) is 20.6. The quantitative estimate of drug-likeness (QED) is 0.370. The van der Waals surface area contributed by atoms with Gasteiger partial charge in [0, 0.05) is 18.2 Å². The van der Waals surface area contributed by atoms with E-state index in [0.29, 0.717) is 52.7 Å². The number of amides is 2. The molecule has 2 N–H and O–H groups in total. The van der Waals surface area contributed by atoms with Crippen molar-refractivity contribution in [1.29, 1.82) is 0 Å². The number of nitrogens with one attached hydrogen (secondary N) is 2. The third-order valence-electron chi connectivity index (χ3n) is 6.27. The molecule has 188 valence electrons. The largest absolute Gasteiger partial charge is 0.484 e. The zero-order chi connectivity index (χ0) is 25.8. The van der Waals surface area contributed by atoms with Gasteiger partial charge in [-0.05, 0) is 80.3 Å². The molecule has 8 nitrogen and oxygen atoms in total. The summed E-state index contributed by atoms with van der Waals surface area (Å²) in [4.78, 5) is 41.9. The summed E-state index contributed by atoms with van der Waals surface area (Å²) in [5, 5.41) is 6.37. The smallest absolute Gasteiger partial charge is 0.265 e. The van der Waals surface area contributed by atoms with Crippen molar-refractivity contribution in [1.82, 2.24) is 20.2 Å². The average Bonchev–Trinajstić information content (AvgIpc) is 3.72. The van der Waals surface area contributed by atoms with E-state index in [1.165, 1.54) is 0 Å². The topological polar surface area (TPSA) is 102 Å². The van der Waals surface area contributed by atoms with Gasteiger partial charge >= 0.3 is 0 Å². The molecule has 1 aliphatic carbocycles. The van der Waals surface area contributed by atoms with Gasteiger partial charge < -0.3 is 15.4 Å². The Labute approximate surface area is 214 Å². The van der Waals surface area contributed by atoms with Gasteiger partial charge in [-0.25, -0.2) is 4.98 Å². The van der Waals surface area contributed by atoms with Crippen LogP contribution in [0.25, 0.3) is 16.6 Å². The summed E-state index contributed by atoms with van der Waals surface area (Å²) in [6.07, 6.45) is 2.75. The fraction of sp³-hybridized carbons (Fsp3) is 0.241. The summed E-state index contributed by atoms with van der Waals surface area (Å²) in [5.41, 5.74) is 2.74. The molecule has 0 atom stereocenters. The van der Waals surface area contributed by atoms with Crippen LogP contribution >= 0.6 is 0 Å². The van der Waals surface area contributed by atoms with Gasteiger partial charge in [0.15, 0.2) is 6.61 Å². The van der Waals surface area contributed by atoms with Crippen LogP contribution in [0.2, 0.25) is 0 Å². The third-order valence-corrected chi connectivity index (χ3v) is 6.27. The molecular weight excluding hydrogens is 468 g/mol. The molecule has 4 aromatic rings. The second-order valence-electron chi connectivity index (χ2n) is 9.14. The van der Waals surface area contributed by atoms with E-state index in [-0.39, 0.29) is 24.0 Å². The highest BCUT2D eigenvalue weighted by Crippen LogP contribution is 2.19. The maximum Gasteiger partial charge on any atom is 0.265 e. The number of rotatable bonds is 9. The average molecular weight is 497 g/mol. The van der Waals surface area contributed by atoms with Crippen molar-refractivity contribution in [3.63, 3.8) is 0 Å². The van der Waals surface area contributed by atoms with Gasteiger partial charge in [0.05, 0.1) is 16.6 Å². The highest BCUT2D eigenvalue weighted by Gasteiger charge is 2.23. The van der Waals surface area contributed by atoms with E-state index in [1.807, 2.05) is 42.5 Å². The number of ether oxygens (including phenoxy) is 1. The molecule has 3 aromatic carbocycles. The van der Waals surface area contributed by atoms with Crippen molar-refractivity contribution >= 4 is 22.7 Å². The summed E-state index contributed by atoms with van der Waals surface area (Å²) in [5.74, 6) is 0.931. The predicted octanol–water partition coefficient (Wildman–Crippen LogP) is 3.32. The summed E-state index contributed by atoms with van der Waals surface area (Å²) in [6, 6.07) is 22.0. The van der Waals surface area contributed by atoms with Crippen molar-refractivity contribution in [3.05, 3.63) is 100 Å². The van der Waals surface area contributed by atoms with E-state index < -0.39 is 0 Å². The maximum atomic E-state index is 13.0. The molecule has 0 aliphatic heterocycles. The number of hydrogen-bond donors (Lipinski definition) is 2. The van der Waals surface area contributed by atoms with Crippen LogP contribution in [0.15, 0.2) is 77.6 Å². The van der Waals surface area contributed by atoms with E-state index in [2.05, 4.69) is 15.6 Å². The van der Waals surface area contributed by atoms with E-state index in [0.717, 1.165) is 18.4 Å². The van der Waals surface area contributed by atoms with Gasteiger partial charge in [0.25, 0.3) is 17.4 Å². The highest BCUT2D eigenvalue weighted by molar-refractivity contribution is 5.94. The Morgan fingerprint density at radius 2 is 1.73 bits per heavy atom. The van der Waals surface area contributed by atoms with Crippen LogP contribution in [0.5, 0.6) is 5.75 Å². The number of carbonyl (C=O) groups excluding carboxylic acids is 2. The summed E-state index contributed by atoms with van der Waals surface area (Å²) >= 11 is 0. The van der Waals surface area contributed by atoms with Gasteiger partial charge in [-0.1, -0.05) is 24.3 Å². The molecule has 1 aromatic heterocycles. The number of fused-ring (bicyclic) bond motifs is 1. The minimum absolute atomic E-state index is 0.0102. The zero-order valence-electron chi connectivity index (χ0n) is 20.6. The Hall–Kier alpha value is -4.46. The Morgan fingerprint density at radius 3 is 2.46 bits per heavy atom. The first kappa shape index (κ1) is 24.2.